The van der Waals surface area contributed by atoms with E-state index < -0.39 is 54.6 Å². The molecule has 1 saturated heterocycles. The van der Waals surface area contributed by atoms with Crippen molar-refractivity contribution < 1.29 is 47.6 Å². The van der Waals surface area contributed by atoms with Crippen LogP contribution in [0, 0.1) is 0 Å². The second-order valence-electron chi connectivity index (χ2n) is 9.57. The Bertz CT molecular complexity index is 1280. The van der Waals surface area contributed by atoms with Crippen LogP contribution in [0.25, 0.3) is 0 Å². The van der Waals surface area contributed by atoms with Gasteiger partial charge in [0.05, 0.1) is 11.4 Å². The van der Waals surface area contributed by atoms with Crippen molar-refractivity contribution in [1.82, 2.24) is 0 Å². The lowest BCUT2D eigenvalue weighted by Gasteiger charge is -2.43. The minimum atomic E-state index is -1.34. The van der Waals surface area contributed by atoms with E-state index in [-0.39, 0.29) is 6.61 Å². The largest absolute Gasteiger partial charge is 0.463 e. The number of carbonyl (C=O) groups excluding carboxylic acids is 4. The lowest BCUT2D eigenvalue weighted by molar-refractivity contribution is -0.288. The number of hydrogen-bond acceptors (Lipinski definition) is 13. The highest BCUT2D eigenvalue weighted by molar-refractivity contribution is 5.68. The van der Waals surface area contributed by atoms with Gasteiger partial charge in [0.2, 0.25) is 12.4 Å². The monoisotopic (exact) mass is 599 g/mol. The third-order valence-corrected chi connectivity index (χ3v) is 6.30. The number of esters is 4. The standard InChI is InChI=1S/C30H37N3O10/c1-7-33(8-2)24-13-9-22(10-14-24)31-32-23-11-15-25(16-12-23)42-30-29(41-21(6)37)28(40-20(5)36)27(39-19(4)35)26(43-30)17-38-18(3)34/h9-16,26-30H,7-8,17H2,1-6H3/t26-,27-,28+,29-,30-/m1/s1. The van der Waals surface area contributed by atoms with Gasteiger partial charge in [-0.1, -0.05) is 0 Å². The second-order valence-corrected chi connectivity index (χ2v) is 9.57. The van der Waals surface area contributed by atoms with Gasteiger partial charge in [0.15, 0.2) is 12.2 Å². The van der Waals surface area contributed by atoms with Crippen LogP contribution in [0.15, 0.2) is 58.8 Å². The molecule has 0 spiro atoms. The van der Waals surface area contributed by atoms with E-state index in [9.17, 15) is 19.2 Å². The number of hydrogen-bond donors (Lipinski definition) is 0. The minimum Gasteiger partial charge on any atom is -0.463 e. The van der Waals surface area contributed by atoms with E-state index in [1.807, 2.05) is 24.3 Å². The zero-order chi connectivity index (χ0) is 31.5. The zero-order valence-corrected chi connectivity index (χ0v) is 25.1. The van der Waals surface area contributed by atoms with Crippen LogP contribution >= 0.6 is 0 Å². The van der Waals surface area contributed by atoms with E-state index in [2.05, 4.69) is 29.0 Å². The Morgan fingerprint density at radius 1 is 0.698 bits per heavy atom. The highest BCUT2D eigenvalue weighted by atomic mass is 16.7. The summed E-state index contributed by atoms with van der Waals surface area (Å²) in [5, 5.41) is 8.55. The Balaban J connectivity index is 1.82. The first kappa shape index (κ1) is 33.0. The molecule has 0 radical (unpaired) electrons. The van der Waals surface area contributed by atoms with E-state index >= 15 is 0 Å². The van der Waals surface area contributed by atoms with Crippen molar-refractivity contribution in [3.05, 3.63) is 48.5 Å². The van der Waals surface area contributed by atoms with Crippen molar-refractivity contribution in [2.45, 2.75) is 72.2 Å². The van der Waals surface area contributed by atoms with E-state index in [0.717, 1.165) is 39.5 Å². The average molecular weight is 600 g/mol. The van der Waals surface area contributed by atoms with Crippen molar-refractivity contribution in [2.75, 3.05) is 24.6 Å². The molecule has 1 fully saturated rings. The fourth-order valence-electron chi connectivity index (χ4n) is 4.44. The molecule has 1 aliphatic heterocycles. The van der Waals surface area contributed by atoms with Crippen LogP contribution in [0.1, 0.15) is 41.5 Å². The number of rotatable bonds is 12. The van der Waals surface area contributed by atoms with Gasteiger partial charge in [0, 0.05) is 46.5 Å². The summed E-state index contributed by atoms with van der Waals surface area (Å²) >= 11 is 0. The molecule has 13 nitrogen and oxygen atoms in total. The SMILES string of the molecule is CCN(CC)c1ccc(N=Nc2ccc(O[C@@H]3O[C@H](COC(C)=O)[C@@H](OC(C)=O)[C@H](OC(C)=O)[C@H]3OC(C)=O)cc2)cc1. The van der Waals surface area contributed by atoms with E-state index in [4.69, 9.17) is 28.4 Å². The third kappa shape index (κ3) is 9.77. The average Bonchev–Trinajstić information content (AvgIpc) is 2.95. The summed E-state index contributed by atoms with van der Waals surface area (Å²) in [6.45, 7) is 10.3. The van der Waals surface area contributed by atoms with Gasteiger partial charge in [0.1, 0.15) is 18.5 Å². The van der Waals surface area contributed by atoms with Crippen molar-refractivity contribution in [1.29, 1.82) is 0 Å². The highest BCUT2D eigenvalue weighted by Crippen LogP contribution is 2.32. The fraction of sp³-hybridized carbons (Fsp3) is 0.467. The lowest BCUT2D eigenvalue weighted by atomic mass is 9.98. The van der Waals surface area contributed by atoms with Crippen LogP contribution < -0.4 is 9.64 Å². The van der Waals surface area contributed by atoms with Gasteiger partial charge in [-0.25, -0.2) is 0 Å². The van der Waals surface area contributed by atoms with Gasteiger partial charge in [-0.2, -0.15) is 10.2 Å². The first-order valence-electron chi connectivity index (χ1n) is 13.8. The van der Waals surface area contributed by atoms with Crippen LogP contribution in [-0.2, 0) is 42.9 Å². The molecule has 0 aromatic heterocycles. The van der Waals surface area contributed by atoms with Crippen molar-refractivity contribution in [3.63, 3.8) is 0 Å². The van der Waals surface area contributed by atoms with Crippen molar-refractivity contribution in [3.8, 4) is 5.75 Å². The molecule has 13 heteroatoms. The molecular formula is C30H37N3O10. The number of nitrogens with zero attached hydrogens (tertiary/aromatic N) is 3. The molecule has 5 atom stereocenters. The van der Waals surface area contributed by atoms with Crippen molar-refractivity contribution in [2.24, 2.45) is 10.2 Å². The minimum absolute atomic E-state index is 0.295. The normalized spacial score (nSPS) is 21.5. The lowest BCUT2D eigenvalue weighted by Crippen LogP contribution is -2.63. The smallest absolute Gasteiger partial charge is 0.303 e. The second kappa shape index (κ2) is 15.6. The Morgan fingerprint density at radius 3 is 1.67 bits per heavy atom. The molecule has 0 bridgehead atoms. The molecule has 43 heavy (non-hydrogen) atoms. The molecule has 232 valence electrons. The van der Waals surface area contributed by atoms with Gasteiger partial charge in [-0.05, 0) is 62.4 Å². The topological polar surface area (TPSA) is 152 Å². The van der Waals surface area contributed by atoms with E-state index in [1.54, 1.807) is 24.3 Å². The molecule has 0 saturated carbocycles. The summed E-state index contributed by atoms with van der Waals surface area (Å²) in [5.41, 5.74) is 2.34. The summed E-state index contributed by atoms with van der Waals surface area (Å²) in [7, 11) is 0. The summed E-state index contributed by atoms with van der Waals surface area (Å²) in [6.07, 6.45) is -6.38. The quantitative estimate of drug-likeness (QED) is 0.194. The molecule has 1 aliphatic rings. The van der Waals surface area contributed by atoms with Crippen LogP contribution in [0.4, 0.5) is 17.1 Å². The molecule has 0 amide bonds. The molecule has 0 unspecified atom stereocenters. The molecule has 2 aromatic rings. The predicted octanol–water partition coefficient (Wildman–Crippen LogP) is 4.41. The van der Waals surface area contributed by atoms with Crippen LogP contribution in [0.2, 0.25) is 0 Å². The Kier molecular flexibility index (Phi) is 12.0. The number of anilines is 1. The van der Waals surface area contributed by atoms with Crippen LogP contribution in [0.3, 0.4) is 0 Å². The van der Waals surface area contributed by atoms with Gasteiger partial charge in [-0.3, -0.25) is 19.2 Å². The van der Waals surface area contributed by atoms with Gasteiger partial charge in [-0.15, -0.1) is 0 Å². The van der Waals surface area contributed by atoms with Crippen LogP contribution in [-0.4, -0.2) is 74.3 Å². The highest BCUT2D eigenvalue weighted by Gasteiger charge is 2.53. The first-order valence-corrected chi connectivity index (χ1v) is 13.8. The maximum atomic E-state index is 12.0. The molecular weight excluding hydrogens is 562 g/mol. The van der Waals surface area contributed by atoms with Crippen LogP contribution in [0.5, 0.6) is 5.75 Å². The maximum Gasteiger partial charge on any atom is 0.303 e. The molecule has 2 aromatic carbocycles. The van der Waals surface area contributed by atoms with Crippen molar-refractivity contribution >= 4 is 40.9 Å². The number of benzene rings is 2. The zero-order valence-electron chi connectivity index (χ0n) is 25.1. The maximum absolute atomic E-state index is 12.0. The Labute approximate surface area is 250 Å². The van der Waals surface area contributed by atoms with E-state index in [1.165, 1.54) is 6.92 Å². The molecule has 0 N–H and O–H groups in total. The number of azo groups is 1. The van der Waals surface area contributed by atoms with Gasteiger partial charge >= 0.3 is 23.9 Å². The summed E-state index contributed by atoms with van der Waals surface area (Å²) < 4.78 is 33.3. The Hall–Kier alpha value is -4.52. The van der Waals surface area contributed by atoms with Gasteiger partial charge < -0.3 is 33.3 Å². The third-order valence-electron chi connectivity index (χ3n) is 6.30. The predicted molar refractivity (Wildman–Crippen MR) is 153 cm³/mol. The fourth-order valence-corrected chi connectivity index (χ4v) is 4.44. The molecule has 1 heterocycles. The van der Waals surface area contributed by atoms with Gasteiger partial charge in [0.25, 0.3) is 0 Å². The number of ether oxygens (including phenoxy) is 6. The number of carbonyl (C=O) groups is 4. The summed E-state index contributed by atoms with van der Waals surface area (Å²) in [4.78, 5) is 49.6. The first-order chi connectivity index (χ1) is 20.5. The van der Waals surface area contributed by atoms with E-state index in [0.29, 0.717) is 17.1 Å². The summed E-state index contributed by atoms with van der Waals surface area (Å²) in [5.74, 6) is -2.49. The molecule has 3 rings (SSSR count). The molecule has 0 aliphatic carbocycles. The Morgan fingerprint density at radius 2 is 1.19 bits per heavy atom. The summed E-state index contributed by atoms with van der Waals surface area (Å²) in [6, 6.07) is 14.3.